The first-order chi connectivity index (χ1) is 10.1. The van der Waals surface area contributed by atoms with Crippen molar-refractivity contribution < 1.29 is 9.26 Å². The summed E-state index contributed by atoms with van der Waals surface area (Å²) in [5.74, 6) is 1.83. The van der Waals surface area contributed by atoms with Crippen molar-refractivity contribution in [3.8, 4) is 5.75 Å². The highest BCUT2D eigenvalue weighted by Crippen LogP contribution is 2.33. The van der Waals surface area contributed by atoms with E-state index in [2.05, 4.69) is 16.2 Å². The second-order valence-corrected chi connectivity index (χ2v) is 5.02. The number of nitrogens with two attached hydrogens (primary N) is 1. The van der Waals surface area contributed by atoms with Crippen molar-refractivity contribution in [2.24, 2.45) is 5.73 Å². The minimum absolute atomic E-state index is 0.117. The molecule has 0 aliphatic heterocycles. The summed E-state index contributed by atoms with van der Waals surface area (Å²) in [6, 6.07) is 12.0. The molecular formula is C16H17N3O2. The number of ether oxygens (including phenoxy) is 1. The van der Waals surface area contributed by atoms with Crippen LogP contribution in [0.4, 0.5) is 0 Å². The fraction of sp³-hybridized carbons (Fsp3) is 0.250. The Hall–Kier alpha value is -2.40. The van der Waals surface area contributed by atoms with E-state index in [-0.39, 0.29) is 12.6 Å². The topological polar surface area (TPSA) is 74.2 Å². The minimum Gasteiger partial charge on any atom is -0.483 e. The van der Waals surface area contributed by atoms with Crippen LogP contribution >= 0.6 is 0 Å². The summed E-state index contributed by atoms with van der Waals surface area (Å²) in [5.41, 5.74) is 7.01. The quantitative estimate of drug-likeness (QED) is 0.796. The molecule has 21 heavy (non-hydrogen) atoms. The molecule has 0 fully saturated rings. The number of nitrogens with zero attached hydrogens (tertiary/aromatic N) is 2. The van der Waals surface area contributed by atoms with Crippen LogP contribution in [-0.2, 0) is 6.61 Å². The zero-order valence-corrected chi connectivity index (χ0v) is 12.0. The van der Waals surface area contributed by atoms with Crippen LogP contribution in [0.5, 0.6) is 5.75 Å². The molecule has 0 aliphatic rings. The Bertz CT molecular complexity index is 765. The summed E-state index contributed by atoms with van der Waals surface area (Å²) in [4.78, 5) is 4.15. The molecule has 1 unspecified atom stereocenters. The molecule has 108 valence electrons. The van der Waals surface area contributed by atoms with Crippen molar-refractivity contribution in [1.29, 1.82) is 0 Å². The predicted molar refractivity (Wildman–Crippen MR) is 79.9 cm³/mol. The van der Waals surface area contributed by atoms with Gasteiger partial charge in [-0.05, 0) is 19.2 Å². The van der Waals surface area contributed by atoms with Gasteiger partial charge in [0.25, 0.3) is 5.89 Å². The third kappa shape index (κ3) is 2.73. The lowest BCUT2D eigenvalue weighted by Crippen LogP contribution is -2.08. The minimum atomic E-state index is -0.117. The van der Waals surface area contributed by atoms with Crippen LogP contribution in [0.2, 0.25) is 0 Å². The number of aryl methyl sites for hydroxylation is 1. The molecule has 0 saturated carbocycles. The first-order valence-corrected chi connectivity index (χ1v) is 6.84. The highest BCUT2D eigenvalue weighted by Gasteiger charge is 2.13. The molecule has 1 atom stereocenters. The number of fused-ring (bicyclic) bond motifs is 1. The van der Waals surface area contributed by atoms with E-state index < -0.39 is 0 Å². The van der Waals surface area contributed by atoms with Crippen LogP contribution in [-0.4, -0.2) is 10.1 Å². The maximum absolute atomic E-state index is 6.05. The van der Waals surface area contributed by atoms with Crippen molar-refractivity contribution in [1.82, 2.24) is 10.1 Å². The van der Waals surface area contributed by atoms with E-state index in [0.29, 0.717) is 11.7 Å². The van der Waals surface area contributed by atoms with E-state index in [1.54, 1.807) is 6.92 Å². The van der Waals surface area contributed by atoms with E-state index in [1.807, 2.05) is 37.3 Å². The molecule has 0 bridgehead atoms. The van der Waals surface area contributed by atoms with Crippen LogP contribution in [0.15, 0.2) is 40.9 Å². The van der Waals surface area contributed by atoms with Gasteiger partial charge in [-0.25, -0.2) is 0 Å². The van der Waals surface area contributed by atoms with E-state index in [0.717, 1.165) is 22.1 Å². The third-order valence-electron chi connectivity index (χ3n) is 3.31. The zero-order valence-electron chi connectivity index (χ0n) is 12.0. The van der Waals surface area contributed by atoms with Crippen LogP contribution in [0.1, 0.15) is 30.2 Å². The molecule has 0 amide bonds. The first kappa shape index (κ1) is 13.6. The standard InChI is InChI=1S/C16H17N3O2/c1-10(17)13-8-7-12-5-3-4-6-14(12)16(13)20-9-15-18-11(2)19-21-15/h3-8,10H,9,17H2,1-2H3. The number of rotatable bonds is 4. The fourth-order valence-electron chi connectivity index (χ4n) is 2.31. The predicted octanol–water partition coefficient (Wildman–Crippen LogP) is 3.13. The zero-order chi connectivity index (χ0) is 14.8. The third-order valence-corrected chi connectivity index (χ3v) is 3.31. The molecule has 0 radical (unpaired) electrons. The highest BCUT2D eigenvalue weighted by molar-refractivity contribution is 5.89. The summed E-state index contributed by atoms with van der Waals surface area (Å²) in [5, 5.41) is 5.90. The molecule has 1 aromatic heterocycles. The lowest BCUT2D eigenvalue weighted by molar-refractivity contribution is 0.242. The van der Waals surface area contributed by atoms with Gasteiger partial charge in [-0.3, -0.25) is 0 Å². The van der Waals surface area contributed by atoms with Crippen LogP contribution in [0.25, 0.3) is 10.8 Å². The second-order valence-electron chi connectivity index (χ2n) is 5.02. The highest BCUT2D eigenvalue weighted by atomic mass is 16.5. The Morgan fingerprint density at radius 3 is 2.76 bits per heavy atom. The van der Waals surface area contributed by atoms with E-state index in [4.69, 9.17) is 15.0 Å². The van der Waals surface area contributed by atoms with E-state index in [1.165, 1.54) is 0 Å². The van der Waals surface area contributed by atoms with Crippen LogP contribution in [0, 0.1) is 6.92 Å². The lowest BCUT2D eigenvalue weighted by atomic mass is 10.0. The van der Waals surface area contributed by atoms with Gasteiger partial charge in [0.05, 0.1) is 0 Å². The lowest BCUT2D eigenvalue weighted by Gasteiger charge is -2.15. The maximum Gasteiger partial charge on any atom is 0.264 e. The van der Waals surface area contributed by atoms with Gasteiger partial charge in [0.1, 0.15) is 5.75 Å². The second kappa shape index (κ2) is 5.54. The Labute approximate surface area is 122 Å². The van der Waals surface area contributed by atoms with E-state index in [9.17, 15) is 0 Å². The maximum atomic E-state index is 6.05. The summed E-state index contributed by atoms with van der Waals surface area (Å²) in [6.45, 7) is 3.95. The molecule has 3 rings (SSSR count). The Kier molecular flexibility index (Phi) is 3.58. The van der Waals surface area contributed by atoms with Crippen molar-refractivity contribution >= 4 is 10.8 Å². The van der Waals surface area contributed by atoms with Gasteiger partial charge >= 0.3 is 0 Å². The summed E-state index contributed by atoms with van der Waals surface area (Å²) in [7, 11) is 0. The summed E-state index contributed by atoms with van der Waals surface area (Å²) in [6.07, 6.45) is 0. The monoisotopic (exact) mass is 283 g/mol. The van der Waals surface area contributed by atoms with Gasteiger partial charge in [0.15, 0.2) is 12.4 Å². The largest absolute Gasteiger partial charge is 0.483 e. The van der Waals surface area contributed by atoms with Crippen molar-refractivity contribution in [2.45, 2.75) is 26.5 Å². The van der Waals surface area contributed by atoms with Gasteiger partial charge in [0.2, 0.25) is 0 Å². The molecular weight excluding hydrogens is 266 g/mol. The summed E-state index contributed by atoms with van der Waals surface area (Å²) >= 11 is 0. The molecule has 5 heteroatoms. The number of hydrogen-bond donors (Lipinski definition) is 1. The van der Waals surface area contributed by atoms with Crippen LogP contribution in [0.3, 0.4) is 0 Å². The Morgan fingerprint density at radius 2 is 2.05 bits per heavy atom. The number of benzene rings is 2. The SMILES string of the molecule is Cc1noc(COc2c(C(C)N)ccc3ccccc23)n1. The van der Waals surface area contributed by atoms with Gasteiger partial charge in [0, 0.05) is 17.0 Å². The van der Waals surface area contributed by atoms with Gasteiger partial charge in [-0.2, -0.15) is 4.98 Å². The number of hydrogen-bond acceptors (Lipinski definition) is 5. The molecule has 1 heterocycles. The summed E-state index contributed by atoms with van der Waals surface area (Å²) < 4.78 is 11.0. The number of aromatic nitrogens is 2. The molecule has 3 aromatic rings. The van der Waals surface area contributed by atoms with Gasteiger partial charge < -0.3 is 15.0 Å². The molecule has 0 spiro atoms. The van der Waals surface area contributed by atoms with Crippen molar-refractivity contribution in [3.63, 3.8) is 0 Å². The van der Waals surface area contributed by atoms with Gasteiger partial charge in [-0.1, -0.05) is 41.6 Å². The average Bonchev–Trinajstić information content (AvgIpc) is 2.90. The van der Waals surface area contributed by atoms with Crippen LogP contribution < -0.4 is 10.5 Å². The first-order valence-electron chi connectivity index (χ1n) is 6.84. The van der Waals surface area contributed by atoms with Crippen molar-refractivity contribution in [2.75, 3.05) is 0 Å². The fourth-order valence-corrected chi connectivity index (χ4v) is 2.31. The van der Waals surface area contributed by atoms with Crippen molar-refractivity contribution in [3.05, 3.63) is 53.7 Å². The molecule has 0 saturated heterocycles. The van der Waals surface area contributed by atoms with Gasteiger partial charge in [-0.15, -0.1) is 0 Å². The normalized spacial score (nSPS) is 12.5. The molecule has 2 aromatic carbocycles. The Balaban J connectivity index is 1.99. The smallest absolute Gasteiger partial charge is 0.264 e. The molecule has 0 aliphatic carbocycles. The molecule has 5 nitrogen and oxygen atoms in total. The molecule has 2 N–H and O–H groups in total. The Morgan fingerprint density at radius 1 is 1.24 bits per heavy atom. The van der Waals surface area contributed by atoms with E-state index >= 15 is 0 Å². The average molecular weight is 283 g/mol.